The van der Waals surface area contributed by atoms with Crippen molar-refractivity contribution >= 4 is 0 Å². The maximum absolute atomic E-state index is 12.6. The van der Waals surface area contributed by atoms with E-state index in [1.54, 1.807) is 0 Å². The minimum absolute atomic E-state index is 0.100. The van der Waals surface area contributed by atoms with Gasteiger partial charge in [-0.15, -0.1) is 6.58 Å². The van der Waals surface area contributed by atoms with Gasteiger partial charge in [-0.2, -0.15) is 0 Å². The summed E-state index contributed by atoms with van der Waals surface area (Å²) in [7, 11) is 0. The molecule has 0 atom stereocenters. The van der Waals surface area contributed by atoms with Gasteiger partial charge in [0.2, 0.25) is 0 Å². The molecule has 1 fully saturated rings. The number of halogens is 2. The van der Waals surface area contributed by atoms with E-state index < -0.39 is 5.92 Å². The van der Waals surface area contributed by atoms with E-state index in [2.05, 4.69) is 6.58 Å². The molecule has 3 heteroatoms. The van der Waals surface area contributed by atoms with E-state index in [-0.39, 0.29) is 6.54 Å². The topological polar surface area (TPSA) is 3.24 Å². The molecule has 0 aromatic carbocycles. The van der Waals surface area contributed by atoms with Crippen LogP contribution in [0.5, 0.6) is 0 Å². The monoisotopic (exact) mass is 189 g/mol. The fraction of sp³-hybridized carbons (Fsp3) is 0.800. The quantitative estimate of drug-likeness (QED) is 0.617. The van der Waals surface area contributed by atoms with Crippen molar-refractivity contribution in [3.63, 3.8) is 0 Å². The van der Waals surface area contributed by atoms with E-state index in [1.165, 1.54) is 0 Å². The zero-order valence-electron chi connectivity index (χ0n) is 8.10. The van der Waals surface area contributed by atoms with Crippen molar-refractivity contribution in [2.45, 2.75) is 25.7 Å². The van der Waals surface area contributed by atoms with Crippen LogP contribution in [0.25, 0.3) is 0 Å². The van der Waals surface area contributed by atoms with Crippen LogP contribution in [0.4, 0.5) is 8.78 Å². The molecule has 0 aromatic heterocycles. The normalized spacial score (nSPS) is 21.8. The molecule has 0 bridgehead atoms. The van der Waals surface area contributed by atoms with Crippen LogP contribution in [-0.4, -0.2) is 30.5 Å². The number of alkyl halides is 2. The molecule has 0 amide bonds. The minimum Gasteiger partial charge on any atom is -0.297 e. The minimum atomic E-state index is -2.55. The summed E-state index contributed by atoms with van der Waals surface area (Å²) in [6.45, 7) is 6.15. The van der Waals surface area contributed by atoms with Crippen LogP contribution in [0.1, 0.15) is 19.8 Å². The van der Waals surface area contributed by atoms with E-state index in [0.717, 1.165) is 32.9 Å². The van der Waals surface area contributed by atoms with Crippen molar-refractivity contribution in [3.05, 3.63) is 12.7 Å². The molecule has 13 heavy (non-hydrogen) atoms. The van der Waals surface area contributed by atoms with Gasteiger partial charge in [-0.1, -0.05) is 6.08 Å². The fourth-order valence-electron chi connectivity index (χ4n) is 1.74. The SMILES string of the molecule is C=CC1CCN(CC(C)(F)F)CC1. The molecule has 0 aliphatic carbocycles. The van der Waals surface area contributed by atoms with Crippen molar-refractivity contribution in [3.8, 4) is 0 Å². The highest BCUT2D eigenvalue weighted by Crippen LogP contribution is 2.21. The first-order valence-electron chi connectivity index (χ1n) is 4.74. The number of allylic oxidation sites excluding steroid dienone is 1. The van der Waals surface area contributed by atoms with Gasteiger partial charge >= 0.3 is 0 Å². The summed E-state index contributed by atoms with van der Waals surface area (Å²) in [5.74, 6) is -2.03. The molecule has 1 aliphatic heterocycles. The lowest BCUT2D eigenvalue weighted by Gasteiger charge is -2.32. The Kier molecular flexibility index (Phi) is 3.42. The van der Waals surface area contributed by atoms with Crippen LogP contribution in [0.15, 0.2) is 12.7 Å². The van der Waals surface area contributed by atoms with Crippen LogP contribution < -0.4 is 0 Å². The van der Waals surface area contributed by atoms with Crippen molar-refractivity contribution in [2.75, 3.05) is 19.6 Å². The van der Waals surface area contributed by atoms with E-state index in [0.29, 0.717) is 5.92 Å². The molecule has 0 unspecified atom stereocenters. The Morgan fingerprint density at radius 1 is 1.46 bits per heavy atom. The Morgan fingerprint density at radius 2 is 2.00 bits per heavy atom. The first-order valence-corrected chi connectivity index (χ1v) is 4.74. The summed E-state index contributed by atoms with van der Waals surface area (Å²) in [5.41, 5.74) is 0. The van der Waals surface area contributed by atoms with Crippen LogP contribution in [-0.2, 0) is 0 Å². The standard InChI is InChI=1S/C10H17F2N/c1-3-9-4-6-13(7-5-9)8-10(2,11)12/h3,9H,1,4-8H2,2H3. The molecular formula is C10H17F2N. The molecule has 0 aromatic rings. The number of likely N-dealkylation sites (tertiary alicyclic amines) is 1. The Labute approximate surface area is 78.4 Å². The Morgan fingerprint density at radius 3 is 2.38 bits per heavy atom. The summed E-state index contributed by atoms with van der Waals surface area (Å²) in [5, 5.41) is 0. The molecule has 1 rings (SSSR count). The van der Waals surface area contributed by atoms with Crippen LogP contribution in [0, 0.1) is 5.92 Å². The highest BCUT2D eigenvalue weighted by atomic mass is 19.3. The number of nitrogens with zero attached hydrogens (tertiary/aromatic N) is 1. The van der Waals surface area contributed by atoms with E-state index >= 15 is 0 Å². The van der Waals surface area contributed by atoms with Gasteiger partial charge in [0.25, 0.3) is 5.92 Å². The first-order chi connectivity index (χ1) is 6.01. The zero-order chi connectivity index (χ0) is 9.90. The maximum Gasteiger partial charge on any atom is 0.257 e. The first kappa shape index (κ1) is 10.6. The number of rotatable bonds is 3. The molecule has 1 nitrogen and oxygen atoms in total. The molecule has 0 saturated carbocycles. The third kappa shape index (κ3) is 3.85. The molecule has 0 radical (unpaired) electrons. The van der Waals surface area contributed by atoms with Crippen LogP contribution in [0.3, 0.4) is 0 Å². The molecule has 1 saturated heterocycles. The van der Waals surface area contributed by atoms with E-state index in [1.807, 2.05) is 11.0 Å². The molecular weight excluding hydrogens is 172 g/mol. The predicted octanol–water partition coefficient (Wildman–Crippen LogP) is 2.54. The predicted molar refractivity (Wildman–Crippen MR) is 50.0 cm³/mol. The van der Waals surface area contributed by atoms with Gasteiger partial charge in [-0.25, -0.2) is 8.78 Å². The van der Waals surface area contributed by atoms with Gasteiger partial charge in [0.1, 0.15) is 0 Å². The lowest BCUT2D eigenvalue weighted by atomic mass is 9.97. The number of hydrogen-bond acceptors (Lipinski definition) is 1. The third-order valence-corrected chi connectivity index (χ3v) is 2.47. The largest absolute Gasteiger partial charge is 0.297 e. The Balaban J connectivity index is 2.29. The summed E-state index contributed by atoms with van der Waals surface area (Å²) in [6, 6.07) is 0. The smallest absolute Gasteiger partial charge is 0.257 e. The van der Waals surface area contributed by atoms with Crippen molar-refractivity contribution in [1.29, 1.82) is 0 Å². The molecule has 1 heterocycles. The summed E-state index contributed by atoms with van der Waals surface area (Å²) >= 11 is 0. The van der Waals surface area contributed by atoms with E-state index in [4.69, 9.17) is 0 Å². The van der Waals surface area contributed by atoms with Crippen molar-refractivity contribution in [1.82, 2.24) is 4.90 Å². The van der Waals surface area contributed by atoms with Crippen molar-refractivity contribution < 1.29 is 8.78 Å². The third-order valence-electron chi connectivity index (χ3n) is 2.47. The molecule has 0 spiro atoms. The lowest BCUT2D eigenvalue weighted by Crippen LogP contribution is -2.40. The average Bonchev–Trinajstić information content (AvgIpc) is 2.03. The molecule has 76 valence electrons. The summed E-state index contributed by atoms with van der Waals surface area (Å²) in [4.78, 5) is 1.83. The highest BCUT2D eigenvalue weighted by Gasteiger charge is 2.27. The second kappa shape index (κ2) is 4.18. The van der Waals surface area contributed by atoms with Crippen LogP contribution in [0.2, 0.25) is 0 Å². The second-order valence-corrected chi connectivity index (χ2v) is 3.92. The average molecular weight is 189 g/mol. The van der Waals surface area contributed by atoms with Gasteiger partial charge in [-0.05, 0) is 31.8 Å². The lowest BCUT2D eigenvalue weighted by molar-refractivity contribution is -0.0207. The molecule has 1 aliphatic rings. The number of piperidine rings is 1. The maximum atomic E-state index is 12.6. The Hall–Kier alpha value is -0.440. The zero-order valence-corrected chi connectivity index (χ0v) is 8.10. The van der Waals surface area contributed by atoms with Gasteiger partial charge in [0.15, 0.2) is 0 Å². The van der Waals surface area contributed by atoms with Gasteiger partial charge in [0.05, 0.1) is 6.54 Å². The summed E-state index contributed by atoms with van der Waals surface area (Å²) < 4.78 is 25.2. The molecule has 0 N–H and O–H groups in total. The number of hydrogen-bond donors (Lipinski definition) is 0. The highest BCUT2D eigenvalue weighted by molar-refractivity contribution is 4.85. The fourth-order valence-corrected chi connectivity index (χ4v) is 1.74. The van der Waals surface area contributed by atoms with Crippen molar-refractivity contribution in [2.24, 2.45) is 5.92 Å². The van der Waals surface area contributed by atoms with Gasteiger partial charge in [-0.3, -0.25) is 4.90 Å². The second-order valence-electron chi connectivity index (χ2n) is 3.92. The van der Waals surface area contributed by atoms with Crippen LogP contribution >= 0.6 is 0 Å². The van der Waals surface area contributed by atoms with Gasteiger partial charge < -0.3 is 0 Å². The van der Waals surface area contributed by atoms with E-state index in [9.17, 15) is 8.78 Å². The van der Waals surface area contributed by atoms with Gasteiger partial charge in [0, 0.05) is 6.92 Å². The summed E-state index contributed by atoms with van der Waals surface area (Å²) in [6.07, 6.45) is 3.88. The Bertz CT molecular complexity index is 166.